The smallest absolute Gasteiger partial charge is 0.311 e. The molecule has 5 fully saturated rings. The maximum atomic E-state index is 13.8. The first-order valence-electron chi connectivity index (χ1n) is 22.2. The predicted molar refractivity (Wildman–Crippen MR) is 226 cm³/mol. The molecule has 0 spiro atoms. The molecule has 7 rings (SSSR count). The minimum Gasteiger partial charge on any atom is -0.461 e. The van der Waals surface area contributed by atoms with Crippen LogP contribution in [0.1, 0.15) is 140 Å². The van der Waals surface area contributed by atoms with E-state index in [9.17, 15) is 14.7 Å². The first-order chi connectivity index (χ1) is 26.3. The predicted octanol–water partition coefficient (Wildman–Crippen LogP) is 9.64. The lowest BCUT2D eigenvalue weighted by Crippen LogP contribution is -2.75. The van der Waals surface area contributed by atoms with Gasteiger partial charge in [0, 0.05) is 11.8 Å². The Bertz CT molecular complexity index is 1680. The van der Waals surface area contributed by atoms with Crippen LogP contribution in [0.15, 0.2) is 60.7 Å². The number of hydrogen-bond donors (Lipinski definition) is 1. The molecule has 5 aliphatic rings. The highest BCUT2D eigenvalue weighted by Gasteiger charge is 2.69. The van der Waals surface area contributed by atoms with Crippen molar-refractivity contribution in [1.29, 1.82) is 0 Å². The summed E-state index contributed by atoms with van der Waals surface area (Å²) in [4.78, 5) is 27.3. The first kappa shape index (κ1) is 41.7. The molecule has 0 unspecified atom stereocenters. The van der Waals surface area contributed by atoms with Crippen molar-refractivity contribution in [2.24, 2.45) is 51.8 Å². The summed E-state index contributed by atoms with van der Waals surface area (Å²) in [6.07, 6.45) is 8.22. The van der Waals surface area contributed by atoms with Gasteiger partial charge in [-0.1, -0.05) is 122 Å². The fourth-order valence-corrected chi connectivity index (χ4v) is 18.1. The molecule has 1 saturated heterocycles. The van der Waals surface area contributed by atoms with Crippen molar-refractivity contribution >= 4 is 30.6 Å². The molecule has 6 nitrogen and oxygen atoms in total. The van der Waals surface area contributed by atoms with Gasteiger partial charge in [-0.2, -0.15) is 0 Å². The Kier molecular flexibility index (Phi) is 11.1. The van der Waals surface area contributed by atoms with Crippen LogP contribution >= 0.6 is 0 Å². The zero-order chi connectivity index (χ0) is 40.5. The van der Waals surface area contributed by atoms with Crippen molar-refractivity contribution in [3.8, 4) is 0 Å². The molecule has 7 heteroatoms. The van der Waals surface area contributed by atoms with Crippen LogP contribution in [0.5, 0.6) is 0 Å². The molecule has 2 aromatic rings. The number of rotatable bonds is 9. The third kappa shape index (κ3) is 6.75. The average molecular weight is 785 g/mol. The van der Waals surface area contributed by atoms with Gasteiger partial charge in [-0.25, -0.2) is 0 Å². The minimum absolute atomic E-state index is 0.0116. The van der Waals surface area contributed by atoms with Gasteiger partial charge in [-0.3, -0.25) is 9.59 Å². The Balaban J connectivity index is 1.37. The normalized spacial score (nSPS) is 37.6. The maximum Gasteiger partial charge on any atom is 0.311 e. The summed E-state index contributed by atoms with van der Waals surface area (Å²) >= 11 is 0. The zero-order valence-electron chi connectivity index (χ0n) is 36.2. The quantitative estimate of drug-likeness (QED) is 0.202. The Morgan fingerprint density at radius 2 is 1.52 bits per heavy atom. The summed E-state index contributed by atoms with van der Waals surface area (Å²) in [5, 5.41) is 13.5. The molecule has 4 saturated carbocycles. The van der Waals surface area contributed by atoms with Crippen LogP contribution in [0, 0.1) is 51.8 Å². The number of aliphatic hydroxyl groups is 1. The minimum atomic E-state index is -3.15. The van der Waals surface area contributed by atoms with E-state index in [4.69, 9.17) is 13.9 Å². The number of ether oxygens (including phenoxy) is 2. The van der Waals surface area contributed by atoms with Gasteiger partial charge in [0.25, 0.3) is 8.32 Å². The summed E-state index contributed by atoms with van der Waals surface area (Å²) < 4.78 is 21.7. The highest BCUT2D eigenvalue weighted by atomic mass is 28.4. The number of carbonyl (C=O) groups is 2. The van der Waals surface area contributed by atoms with E-state index in [0.717, 1.165) is 38.5 Å². The third-order valence-electron chi connectivity index (χ3n) is 16.8. The zero-order valence-corrected chi connectivity index (χ0v) is 37.2. The van der Waals surface area contributed by atoms with Crippen molar-refractivity contribution in [1.82, 2.24) is 0 Å². The molecular weight excluding hydrogens is 713 g/mol. The summed E-state index contributed by atoms with van der Waals surface area (Å²) in [7, 11) is -3.15. The second kappa shape index (κ2) is 15.0. The molecule has 0 radical (unpaired) electrons. The summed E-state index contributed by atoms with van der Waals surface area (Å²) in [5.74, 6) is 1.81. The lowest BCUT2D eigenvalue weighted by atomic mass is 9.41. The number of cyclic esters (lactones) is 1. The van der Waals surface area contributed by atoms with E-state index in [1.807, 2.05) is 13.8 Å². The van der Waals surface area contributed by atoms with Gasteiger partial charge in [-0.05, 0) is 122 Å². The van der Waals surface area contributed by atoms with E-state index < -0.39 is 31.5 Å². The molecule has 1 N–H and O–H groups in total. The SMILES string of the molecule is CCC(C)(C)C(=O)O[C@H]1C[C@H]2[C@@H](CC[C@@H]3C[C@@](O[Si](c4ccccc4)(c4ccccc4)C(C)(C)C)([C@H]4C[C@@H](O)CC(=O)O4)[C@@H](C(C)C)C[C@@]32C)[C@@H]2CCC[C@@]12C. The van der Waals surface area contributed by atoms with Crippen LogP contribution in [-0.4, -0.2) is 49.3 Å². The van der Waals surface area contributed by atoms with E-state index in [-0.39, 0.29) is 52.2 Å². The highest BCUT2D eigenvalue weighted by molar-refractivity contribution is 6.99. The van der Waals surface area contributed by atoms with Crippen molar-refractivity contribution in [3.63, 3.8) is 0 Å². The van der Waals surface area contributed by atoms with Crippen LogP contribution in [0.3, 0.4) is 0 Å². The molecule has 0 aromatic heterocycles. The molecule has 2 aromatic carbocycles. The molecule has 56 heavy (non-hydrogen) atoms. The fourth-order valence-electron chi connectivity index (χ4n) is 13.3. The van der Waals surface area contributed by atoms with Crippen molar-refractivity contribution in [3.05, 3.63) is 60.7 Å². The third-order valence-corrected chi connectivity index (χ3v) is 21.8. The van der Waals surface area contributed by atoms with E-state index in [2.05, 4.69) is 116 Å². The van der Waals surface area contributed by atoms with Gasteiger partial charge >= 0.3 is 11.9 Å². The number of fused-ring (bicyclic) bond motifs is 5. The van der Waals surface area contributed by atoms with Crippen molar-refractivity contribution in [2.75, 3.05) is 0 Å². The van der Waals surface area contributed by atoms with Gasteiger partial charge in [0.1, 0.15) is 12.2 Å². The van der Waals surface area contributed by atoms with Crippen molar-refractivity contribution < 1.29 is 28.6 Å². The van der Waals surface area contributed by atoms with Crippen LogP contribution in [0.2, 0.25) is 5.04 Å². The van der Waals surface area contributed by atoms with E-state index >= 15 is 0 Å². The first-order valence-corrected chi connectivity index (χ1v) is 24.1. The van der Waals surface area contributed by atoms with E-state index in [0.29, 0.717) is 30.1 Å². The van der Waals surface area contributed by atoms with Crippen LogP contribution in [0.4, 0.5) is 0 Å². The fraction of sp³-hybridized carbons (Fsp3) is 0.714. The van der Waals surface area contributed by atoms with Gasteiger partial charge in [0.15, 0.2) is 0 Å². The topological polar surface area (TPSA) is 82.1 Å². The summed E-state index contributed by atoms with van der Waals surface area (Å²) in [6.45, 7) is 22.8. The van der Waals surface area contributed by atoms with Gasteiger partial charge in [-0.15, -0.1) is 0 Å². The Morgan fingerprint density at radius 3 is 2.07 bits per heavy atom. The standard InChI is InChI=1S/C49H72O6Si/c1-11-46(7,8)44(52)54-41-29-39-37(38-23-18-26-47(38,41)9)25-24-33-30-49(40(32(2)3)31-48(33,39)10,42-27-34(50)28-43(51)53-42)55-56(45(4,5)6,35-19-14-12-15-20-35)36-21-16-13-17-22-36/h12-17,19-22,32-34,37-42,50H,11,18,23-31H2,1-10H3/t33-,34-,37+,38+,39+,40-,41+,42-,47-,48+,49+/m1/s1. The van der Waals surface area contributed by atoms with Gasteiger partial charge in [0.05, 0.1) is 23.5 Å². The van der Waals surface area contributed by atoms with Crippen LogP contribution in [0.25, 0.3) is 0 Å². The molecule has 308 valence electrons. The molecule has 0 amide bonds. The Labute approximate surface area is 339 Å². The van der Waals surface area contributed by atoms with E-state index in [1.54, 1.807) is 0 Å². The van der Waals surface area contributed by atoms with Gasteiger partial charge < -0.3 is 19.0 Å². The van der Waals surface area contributed by atoms with Gasteiger partial charge in [0.2, 0.25) is 0 Å². The molecule has 11 atom stereocenters. The average Bonchev–Trinajstić information content (AvgIpc) is 3.56. The molecule has 1 heterocycles. The number of aliphatic hydroxyl groups excluding tert-OH is 1. The summed E-state index contributed by atoms with van der Waals surface area (Å²) in [6, 6.07) is 21.7. The molecule has 1 aliphatic heterocycles. The largest absolute Gasteiger partial charge is 0.461 e. The molecule has 0 bridgehead atoms. The lowest BCUT2D eigenvalue weighted by Gasteiger charge is -2.67. The van der Waals surface area contributed by atoms with E-state index in [1.165, 1.54) is 29.6 Å². The lowest BCUT2D eigenvalue weighted by molar-refractivity contribution is -0.236. The number of esters is 2. The van der Waals surface area contributed by atoms with Crippen LogP contribution < -0.4 is 10.4 Å². The second-order valence-corrected chi connectivity index (χ2v) is 25.7. The Hall–Kier alpha value is -2.48. The monoisotopic (exact) mass is 785 g/mol. The van der Waals surface area contributed by atoms with Crippen LogP contribution in [-0.2, 0) is 23.5 Å². The van der Waals surface area contributed by atoms with Crippen molar-refractivity contribution in [2.45, 2.75) is 169 Å². The Morgan fingerprint density at radius 1 is 0.893 bits per heavy atom. The molecule has 4 aliphatic carbocycles. The summed E-state index contributed by atoms with van der Waals surface area (Å²) in [5.41, 5.74) is -1.32. The number of carbonyl (C=O) groups excluding carboxylic acids is 2. The number of hydrogen-bond acceptors (Lipinski definition) is 6. The molecular formula is C49H72O6Si. The maximum absolute atomic E-state index is 13.8. The second-order valence-electron chi connectivity index (χ2n) is 21.5. The highest BCUT2D eigenvalue weighted by Crippen LogP contribution is 2.70. The number of benzene rings is 2.